The number of benzene rings is 1. The third-order valence-corrected chi connectivity index (χ3v) is 4.55. The summed E-state index contributed by atoms with van der Waals surface area (Å²) in [6.07, 6.45) is 1.23. The first-order chi connectivity index (χ1) is 9.90. The Labute approximate surface area is 126 Å². The number of rotatable bonds is 4. The summed E-state index contributed by atoms with van der Waals surface area (Å²) in [4.78, 5) is 0. The number of nitriles is 1. The predicted molar refractivity (Wildman–Crippen MR) is 76.7 cm³/mol. The molecule has 0 spiro atoms. The zero-order chi connectivity index (χ0) is 15.6. The van der Waals surface area contributed by atoms with Crippen LogP contribution in [0.25, 0.3) is 0 Å². The summed E-state index contributed by atoms with van der Waals surface area (Å²) in [5, 5.41) is 12.7. The molecule has 1 aromatic carbocycles. The van der Waals surface area contributed by atoms with E-state index < -0.39 is 10.0 Å². The van der Waals surface area contributed by atoms with E-state index in [1.54, 1.807) is 12.1 Å². The highest BCUT2D eigenvalue weighted by Crippen LogP contribution is 2.31. The van der Waals surface area contributed by atoms with E-state index in [4.69, 9.17) is 21.6 Å². The van der Waals surface area contributed by atoms with Crippen LogP contribution in [0.15, 0.2) is 29.4 Å². The molecular weight excluding hydrogens is 316 g/mol. The number of ether oxygens (including phenoxy) is 1. The minimum atomic E-state index is -4.01. The quantitative estimate of drug-likeness (QED) is 0.923. The Morgan fingerprint density at radius 1 is 1.48 bits per heavy atom. The Balaban J connectivity index is 2.55. The number of hydrogen-bond donors (Lipinski definition) is 1. The number of hydrogen-bond acceptors (Lipinski definition) is 5. The molecule has 1 N–H and O–H groups in total. The van der Waals surface area contributed by atoms with Gasteiger partial charge in [-0.3, -0.25) is 9.40 Å². The zero-order valence-electron chi connectivity index (χ0n) is 11.2. The summed E-state index contributed by atoms with van der Waals surface area (Å²) in [6.45, 7) is 0. The molecule has 0 fully saturated rings. The van der Waals surface area contributed by atoms with Gasteiger partial charge >= 0.3 is 0 Å². The maximum atomic E-state index is 12.4. The number of aromatic nitrogens is 2. The fourth-order valence-electron chi connectivity index (χ4n) is 1.78. The van der Waals surface area contributed by atoms with Crippen LogP contribution in [0.4, 0.5) is 5.69 Å². The van der Waals surface area contributed by atoms with E-state index in [1.165, 1.54) is 26.4 Å². The molecule has 110 valence electrons. The van der Waals surface area contributed by atoms with Gasteiger partial charge in [-0.1, -0.05) is 17.7 Å². The van der Waals surface area contributed by atoms with Crippen molar-refractivity contribution in [3.05, 3.63) is 35.0 Å². The highest BCUT2D eigenvalue weighted by Gasteiger charge is 2.25. The van der Waals surface area contributed by atoms with E-state index in [1.807, 2.05) is 6.07 Å². The molecule has 0 saturated heterocycles. The van der Waals surface area contributed by atoms with Gasteiger partial charge in [0.15, 0.2) is 5.03 Å². The summed E-state index contributed by atoms with van der Waals surface area (Å²) in [7, 11) is -1.18. The first-order valence-corrected chi connectivity index (χ1v) is 7.54. The smallest absolute Gasteiger partial charge is 0.280 e. The maximum Gasteiger partial charge on any atom is 0.280 e. The number of sulfonamides is 1. The molecule has 2 aromatic rings. The van der Waals surface area contributed by atoms with E-state index in [2.05, 4.69) is 9.82 Å². The monoisotopic (exact) mass is 326 g/mol. The Kier molecular flexibility index (Phi) is 4.06. The molecule has 0 aliphatic carbocycles. The van der Waals surface area contributed by atoms with Gasteiger partial charge in [0.2, 0.25) is 0 Å². The fourth-order valence-corrected chi connectivity index (χ4v) is 3.54. The van der Waals surface area contributed by atoms with Crippen LogP contribution < -0.4 is 9.46 Å². The number of nitrogens with one attached hydrogen (secondary N) is 1. The average Bonchev–Trinajstić information content (AvgIpc) is 2.78. The summed E-state index contributed by atoms with van der Waals surface area (Å²) >= 11 is 5.84. The number of nitrogens with zero attached hydrogens (tertiary/aromatic N) is 3. The number of methoxy groups -OCH3 is 1. The number of halogens is 1. The molecule has 0 aliphatic heterocycles. The molecule has 21 heavy (non-hydrogen) atoms. The molecule has 7 nitrogen and oxygen atoms in total. The normalized spacial score (nSPS) is 11.0. The van der Waals surface area contributed by atoms with Crippen molar-refractivity contribution in [3.63, 3.8) is 0 Å². The third-order valence-electron chi connectivity index (χ3n) is 2.70. The minimum Gasteiger partial charge on any atom is -0.495 e. The third kappa shape index (κ3) is 2.79. The van der Waals surface area contributed by atoms with Gasteiger partial charge in [0.05, 0.1) is 23.9 Å². The molecule has 0 radical (unpaired) electrons. The fraction of sp³-hybridized carbons (Fsp3) is 0.167. The second kappa shape index (κ2) is 5.63. The zero-order valence-corrected chi connectivity index (χ0v) is 12.7. The summed E-state index contributed by atoms with van der Waals surface area (Å²) in [6, 6.07) is 6.52. The summed E-state index contributed by atoms with van der Waals surface area (Å²) in [5.41, 5.74) is 0.191. The van der Waals surface area contributed by atoms with Gasteiger partial charge in [-0.2, -0.15) is 18.8 Å². The largest absolute Gasteiger partial charge is 0.495 e. The molecule has 1 heterocycles. The van der Waals surface area contributed by atoms with Crippen molar-refractivity contribution >= 4 is 27.3 Å². The second-order valence-electron chi connectivity index (χ2n) is 4.02. The highest BCUT2D eigenvalue weighted by molar-refractivity contribution is 7.92. The first-order valence-electron chi connectivity index (χ1n) is 5.68. The van der Waals surface area contributed by atoms with Crippen LogP contribution in [0.2, 0.25) is 5.02 Å². The number of para-hydroxylation sites is 1. The summed E-state index contributed by atoms with van der Waals surface area (Å²) < 4.78 is 33.4. The first kappa shape index (κ1) is 15.2. The van der Waals surface area contributed by atoms with Gasteiger partial charge in [0.1, 0.15) is 17.5 Å². The maximum absolute atomic E-state index is 12.4. The van der Waals surface area contributed by atoms with Crippen LogP contribution in [-0.2, 0) is 17.1 Å². The van der Waals surface area contributed by atoms with Gasteiger partial charge in [-0.05, 0) is 12.1 Å². The minimum absolute atomic E-state index is 0.0154. The van der Waals surface area contributed by atoms with Gasteiger partial charge in [-0.25, -0.2) is 0 Å². The van der Waals surface area contributed by atoms with Crippen molar-refractivity contribution in [1.29, 1.82) is 5.26 Å². The molecule has 0 bridgehead atoms. The standard InChI is InChI=1S/C12H11ClN4O3S/c1-17-12(9(13)7-15-17)21(18,19)16-11-8(6-14)4-3-5-10(11)20-2/h3-5,7,16H,1-2H3. The molecule has 0 amide bonds. The van der Waals surface area contributed by atoms with Crippen LogP contribution in [0, 0.1) is 11.3 Å². The Morgan fingerprint density at radius 2 is 2.19 bits per heavy atom. The molecule has 1 aromatic heterocycles. The Hall–Kier alpha value is -2.24. The molecule has 0 atom stereocenters. The molecule has 0 unspecified atom stereocenters. The van der Waals surface area contributed by atoms with Crippen LogP contribution in [0.3, 0.4) is 0 Å². The van der Waals surface area contributed by atoms with Crippen LogP contribution in [0.5, 0.6) is 5.75 Å². The number of aryl methyl sites for hydroxylation is 1. The lowest BCUT2D eigenvalue weighted by molar-refractivity contribution is 0.416. The molecule has 0 saturated carbocycles. The van der Waals surface area contributed by atoms with Crippen molar-refractivity contribution in [1.82, 2.24) is 9.78 Å². The Morgan fingerprint density at radius 3 is 2.71 bits per heavy atom. The lowest BCUT2D eigenvalue weighted by atomic mass is 10.2. The number of anilines is 1. The topological polar surface area (TPSA) is 97.0 Å². The van der Waals surface area contributed by atoms with Crippen molar-refractivity contribution in [2.24, 2.45) is 7.05 Å². The van der Waals surface area contributed by atoms with E-state index in [9.17, 15) is 8.42 Å². The second-order valence-corrected chi connectivity index (χ2v) is 6.03. The summed E-state index contributed by atoms with van der Waals surface area (Å²) in [5.74, 6) is 0.232. The van der Waals surface area contributed by atoms with E-state index in [0.29, 0.717) is 0 Å². The van der Waals surface area contributed by atoms with Gasteiger partial charge in [0.25, 0.3) is 10.0 Å². The SMILES string of the molecule is COc1cccc(C#N)c1NS(=O)(=O)c1c(Cl)cnn1C. The molecular formula is C12H11ClN4O3S. The predicted octanol–water partition coefficient (Wildman–Crippen LogP) is 1.75. The van der Waals surface area contributed by atoms with Crippen molar-refractivity contribution in [2.45, 2.75) is 5.03 Å². The van der Waals surface area contributed by atoms with Crippen LogP contribution in [0.1, 0.15) is 5.56 Å². The van der Waals surface area contributed by atoms with Crippen molar-refractivity contribution < 1.29 is 13.2 Å². The molecule has 0 aliphatic rings. The van der Waals surface area contributed by atoms with E-state index in [-0.39, 0.29) is 27.0 Å². The molecule has 2 rings (SSSR count). The van der Waals surface area contributed by atoms with Crippen LogP contribution in [-0.4, -0.2) is 25.3 Å². The van der Waals surface area contributed by atoms with Crippen LogP contribution >= 0.6 is 11.6 Å². The van der Waals surface area contributed by atoms with E-state index in [0.717, 1.165) is 4.68 Å². The van der Waals surface area contributed by atoms with Crippen molar-refractivity contribution in [2.75, 3.05) is 11.8 Å². The van der Waals surface area contributed by atoms with Gasteiger partial charge in [0, 0.05) is 7.05 Å². The Bertz CT molecular complexity index is 804. The average molecular weight is 327 g/mol. The van der Waals surface area contributed by atoms with E-state index >= 15 is 0 Å². The lowest BCUT2D eigenvalue weighted by Crippen LogP contribution is -2.18. The lowest BCUT2D eigenvalue weighted by Gasteiger charge is -2.13. The molecule has 9 heteroatoms. The highest BCUT2D eigenvalue weighted by atomic mass is 35.5. The van der Waals surface area contributed by atoms with Crippen molar-refractivity contribution in [3.8, 4) is 11.8 Å². The van der Waals surface area contributed by atoms with Gasteiger partial charge < -0.3 is 4.74 Å². The van der Waals surface area contributed by atoms with Gasteiger partial charge in [-0.15, -0.1) is 0 Å².